The molecule has 1 saturated heterocycles. The number of hydrogen-bond acceptors (Lipinski definition) is 7. The molecule has 1 aliphatic rings. The molecule has 1 aromatic heterocycles. The van der Waals surface area contributed by atoms with E-state index in [1.165, 1.54) is 11.3 Å². The van der Waals surface area contributed by atoms with E-state index in [-0.39, 0.29) is 24.5 Å². The van der Waals surface area contributed by atoms with Gasteiger partial charge in [0.1, 0.15) is 5.75 Å². The highest BCUT2D eigenvalue weighted by atomic mass is 32.1. The fraction of sp³-hybridized carbons (Fsp3) is 0.400. The highest BCUT2D eigenvalue weighted by molar-refractivity contribution is 7.13. The number of hydrogen-bond donors (Lipinski definition) is 2. The zero-order valence-electron chi connectivity index (χ0n) is 17.4. The molecule has 2 N–H and O–H groups in total. The number of ether oxygens (including phenoxy) is 2. The van der Waals surface area contributed by atoms with Crippen LogP contribution in [0.5, 0.6) is 5.75 Å². The summed E-state index contributed by atoms with van der Waals surface area (Å²) < 4.78 is 10.1. The number of methoxy groups -OCH3 is 1. The van der Waals surface area contributed by atoms with Crippen molar-refractivity contribution in [1.29, 1.82) is 0 Å². The molecule has 166 valence electrons. The van der Waals surface area contributed by atoms with Gasteiger partial charge in [-0.25, -0.2) is 14.6 Å². The van der Waals surface area contributed by atoms with Gasteiger partial charge in [-0.15, -0.1) is 11.3 Å². The molecule has 2 heterocycles. The molecule has 10 nitrogen and oxygen atoms in total. The molecule has 3 rings (SSSR count). The monoisotopic (exact) mass is 447 g/mol. The first kappa shape index (κ1) is 22.3. The van der Waals surface area contributed by atoms with Crippen molar-refractivity contribution in [1.82, 2.24) is 14.8 Å². The number of amides is 4. The molecule has 1 aliphatic heterocycles. The van der Waals surface area contributed by atoms with Gasteiger partial charge >= 0.3 is 12.1 Å². The minimum atomic E-state index is -0.361. The number of aromatic nitrogens is 1. The van der Waals surface area contributed by atoms with E-state index in [2.05, 4.69) is 15.6 Å². The highest BCUT2D eigenvalue weighted by Crippen LogP contribution is 2.18. The number of carbonyl (C=O) groups is 3. The number of anilines is 2. The Bertz CT molecular complexity index is 909. The van der Waals surface area contributed by atoms with E-state index in [0.717, 1.165) is 0 Å². The molecular formula is C20H25N5O5S. The van der Waals surface area contributed by atoms with Crippen molar-refractivity contribution in [3.05, 3.63) is 35.3 Å². The third-order valence-electron chi connectivity index (χ3n) is 4.57. The SMILES string of the molecule is CCOC(=O)N1CCN(C(=O)Nc2nc(CC(=O)Nc3ccc(OC)cc3)cs2)CC1. The van der Waals surface area contributed by atoms with E-state index in [9.17, 15) is 14.4 Å². The molecule has 11 heteroatoms. The molecule has 1 aromatic carbocycles. The van der Waals surface area contributed by atoms with Crippen LogP contribution in [0.15, 0.2) is 29.6 Å². The van der Waals surface area contributed by atoms with Crippen LogP contribution in [0.3, 0.4) is 0 Å². The normalized spacial score (nSPS) is 13.5. The lowest BCUT2D eigenvalue weighted by Crippen LogP contribution is -2.51. The summed E-state index contributed by atoms with van der Waals surface area (Å²) in [5.74, 6) is 0.503. The summed E-state index contributed by atoms with van der Waals surface area (Å²) >= 11 is 1.26. The molecule has 0 atom stereocenters. The maximum atomic E-state index is 12.5. The fourth-order valence-corrected chi connectivity index (χ4v) is 3.67. The Labute approximate surface area is 184 Å². The van der Waals surface area contributed by atoms with E-state index < -0.39 is 0 Å². The number of rotatable bonds is 6. The van der Waals surface area contributed by atoms with Crippen LogP contribution in [-0.4, -0.2) is 72.7 Å². The molecule has 0 unspecified atom stereocenters. The lowest BCUT2D eigenvalue weighted by Gasteiger charge is -2.33. The first-order valence-electron chi connectivity index (χ1n) is 9.84. The Kier molecular flexibility index (Phi) is 7.65. The van der Waals surface area contributed by atoms with Gasteiger partial charge in [0.05, 0.1) is 25.8 Å². The second-order valence-corrected chi connectivity index (χ2v) is 7.56. The predicted molar refractivity (Wildman–Crippen MR) is 117 cm³/mol. The average molecular weight is 448 g/mol. The molecule has 2 aromatic rings. The Balaban J connectivity index is 1.45. The summed E-state index contributed by atoms with van der Waals surface area (Å²) in [5, 5.41) is 7.71. The van der Waals surface area contributed by atoms with Crippen LogP contribution in [0.2, 0.25) is 0 Å². The molecule has 31 heavy (non-hydrogen) atoms. The fourth-order valence-electron chi connectivity index (χ4n) is 2.97. The number of piperazine rings is 1. The van der Waals surface area contributed by atoms with E-state index >= 15 is 0 Å². The Morgan fingerprint density at radius 1 is 1.06 bits per heavy atom. The second kappa shape index (κ2) is 10.6. The lowest BCUT2D eigenvalue weighted by molar-refractivity contribution is -0.115. The summed E-state index contributed by atoms with van der Waals surface area (Å²) in [7, 11) is 1.58. The molecule has 0 aliphatic carbocycles. The summed E-state index contributed by atoms with van der Waals surface area (Å²) in [4.78, 5) is 43.9. The van der Waals surface area contributed by atoms with Crippen molar-refractivity contribution in [2.45, 2.75) is 13.3 Å². The molecular weight excluding hydrogens is 422 g/mol. The van der Waals surface area contributed by atoms with Crippen molar-refractivity contribution < 1.29 is 23.9 Å². The van der Waals surface area contributed by atoms with Crippen LogP contribution >= 0.6 is 11.3 Å². The molecule has 0 saturated carbocycles. The van der Waals surface area contributed by atoms with Crippen molar-refractivity contribution in [3.63, 3.8) is 0 Å². The van der Waals surface area contributed by atoms with Crippen LogP contribution < -0.4 is 15.4 Å². The molecule has 0 radical (unpaired) electrons. The van der Waals surface area contributed by atoms with Gasteiger partial charge in [-0.2, -0.15) is 0 Å². The summed E-state index contributed by atoms with van der Waals surface area (Å²) in [5.41, 5.74) is 1.23. The topological polar surface area (TPSA) is 113 Å². The van der Waals surface area contributed by atoms with E-state index in [1.807, 2.05) is 0 Å². The summed E-state index contributed by atoms with van der Waals surface area (Å²) in [6, 6.07) is 6.75. The first-order chi connectivity index (χ1) is 15.0. The van der Waals surface area contributed by atoms with Gasteiger partial charge in [-0.3, -0.25) is 10.1 Å². The highest BCUT2D eigenvalue weighted by Gasteiger charge is 2.25. The van der Waals surface area contributed by atoms with Crippen LogP contribution in [0, 0.1) is 0 Å². The Hall–Kier alpha value is -3.34. The van der Waals surface area contributed by atoms with Gasteiger partial charge in [0, 0.05) is 37.2 Å². The predicted octanol–water partition coefficient (Wildman–Crippen LogP) is 2.64. The molecule has 4 amide bonds. The zero-order valence-corrected chi connectivity index (χ0v) is 18.2. The smallest absolute Gasteiger partial charge is 0.409 e. The second-order valence-electron chi connectivity index (χ2n) is 6.70. The number of nitrogens with zero attached hydrogens (tertiary/aromatic N) is 3. The van der Waals surface area contributed by atoms with Crippen LogP contribution in [0.1, 0.15) is 12.6 Å². The molecule has 0 spiro atoms. The minimum Gasteiger partial charge on any atom is -0.497 e. The first-order valence-corrected chi connectivity index (χ1v) is 10.7. The number of thiazole rings is 1. The van der Waals surface area contributed by atoms with Crippen LogP contribution in [0.4, 0.5) is 20.4 Å². The number of carbonyl (C=O) groups excluding carboxylic acids is 3. The van der Waals surface area contributed by atoms with Crippen molar-refractivity contribution in [2.24, 2.45) is 0 Å². The van der Waals surface area contributed by atoms with Gasteiger partial charge in [0.2, 0.25) is 5.91 Å². The van der Waals surface area contributed by atoms with Crippen LogP contribution in [-0.2, 0) is 16.0 Å². The van der Waals surface area contributed by atoms with Crippen molar-refractivity contribution in [2.75, 3.05) is 50.5 Å². The van der Waals surface area contributed by atoms with E-state index in [0.29, 0.717) is 55.0 Å². The van der Waals surface area contributed by atoms with Gasteiger partial charge < -0.3 is 24.6 Å². The standard InChI is InChI=1S/C20H25N5O5S/c1-3-30-20(28)25-10-8-24(9-11-25)19(27)23-18-22-15(13-31-18)12-17(26)21-14-4-6-16(29-2)7-5-14/h4-7,13H,3,8-12H2,1-2H3,(H,21,26)(H,22,23,27). The van der Waals surface area contributed by atoms with E-state index in [1.54, 1.807) is 53.5 Å². The maximum Gasteiger partial charge on any atom is 0.409 e. The Morgan fingerprint density at radius 2 is 1.74 bits per heavy atom. The molecule has 0 bridgehead atoms. The summed E-state index contributed by atoms with van der Waals surface area (Å²) in [6.45, 7) is 3.73. The van der Waals surface area contributed by atoms with Crippen molar-refractivity contribution in [3.8, 4) is 5.75 Å². The third-order valence-corrected chi connectivity index (χ3v) is 5.38. The largest absolute Gasteiger partial charge is 0.497 e. The van der Waals surface area contributed by atoms with Crippen molar-refractivity contribution >= 4 is 40.2 Å². The van der Waals surface area contributed by atoms with Gasteiger partial charge in [0.15, 0.2) is 5.13 Å². The maximum absolute atomic E-state index is 12.5. The van der Waals surface area contributed by atoms with E-state index in [4.69, 9.17) is 9.47 Å². The summed E-state index contributed by atoms with van der Waals surface area (Å²) in [6.07, 6.45) is -0.267. The minimum absolute atomic E-state index is 0.0939. The van der Waals surface area contributed by atoms with Gasteiger partial charge in [-0.05, 0) is 31.2 Å². The number of urea groups is 1. The zero-order chi connectivity index (χ0) is 22.2. The average Bonchev–Trinajstić information content (AvgIpc) is 3.21. The van der Waals surface area contributed by atoms with Gasteiger partial charge in [-0.1, -0.05) is 0 Å². The number of nitrogens with one attached hydrogen (secondary N) is 2. The molecule has 1 fully saturated rings. The third kappa shape index (κ3) is 6.32. The quantitative estimate of drug-likeness (QED) is 0.704. The number of benzene rings is 1. The lowest BCUT2D eigenvalue weighted by atomic mass is 10.2. The van der Waals surface area contributed by atoms with Gasteiger partial charge in [0.25, 0.3) is 0 Å². The van der Waals surface area contributed by atoms with Crippen LogP contribution in [0.25, 0.3) is 0 Å². The Morgan fingerprint density at radius 3 is 2.39 bits per heavy atom.